The maximum Gasteiger partial charge on any atom is 0.264 e. The van der Waals surface area contributed by atoms with E-state index in [4.69, 9.17) is 9.47 Å². The molecule has 7 heteroatoms. The highest BCUT2D eigenvalue weighted by Gasteiger charge is 2.17. The number of nitrogens with one attached hydrogen (secondary N) is 1. The summed E-state index contributed by atoms with van der Waals surface area (Å²) in [6.07, 6.45) is 0. The molecule has 0 aromatic heterocycles. The van der Waals surface area contributed by atoms with Crippen LogP contribution in [0.3, 0.4) is 0 Å². The van der Waals surface area contributed by atoms with Gasteiger partial charge in [-0.15, -0.1) is 0 Å². The summed E-state index contributed by atoms with van der Waals surface area (Å²) in [6.45, 7) is 2.33. The molecule has 1 N–H and O–H groups in total. The zero-order valence-electron chi connectivity index (χ0n) is 9.80. The molecule has 0 saturated carbocycles. The van der Waals surface area contributed by atoms with Gasteiger partial charge < -0.3 is 9.47 Å². The third kappa shape index (κ3) is 2.73. The number of fused-ring (bicyclic) bond motifs is 1. The number of ether oxygens (including phenoxy) is 2. The second kappa shape index (κ2) is 4.85. The highest BCUT2D eigenvalue weighted by molar-refractivity contribution is 7.90. The Balaban J connectivity index is 2.21. The Morgan fingerprint density at radius 2 is 1.94 bits per heavy atom. The molecule has 1 aliphatic heterocycles. The topological polar surface area (TPSA) is 81.7 Å². The Hall–Kier alpha value is -1.76. The number of carbonyl (C=O) groups is 1. The monoisotopic (exact) mass is 271 g/mol. The molecule has 1 aliphatic rings. The van der Waals surface area contributed by atoms with E-state index in [1.165, 1.54) is 19.1 Å². The first-order valence-electron chi connectivity index (χ1n) is 5.46. The van der Waals surface area contributed by atoms with Gasteiger partial charge in [0.2, 0.25) is 10.0 Å². The molecule has 1 amide bonds. The number of hydrogen-bond acceptors (Lipinski definition) is 5. The van der Waals surface area contributed by atoms with Crippen LogP contribution in [0.15, 0.2) is 18.2 Å². The first-order valence-corrected chi connectivity index (χ1v) is 7.11. The van der Waals surface area contributed by atoms with Crippen LogP contribution in [0, 0.1) is 0 Å². The van der Waals surface area contributed by atoms with Crippen molar-refractivity contribution in [2.45, 2.75) is 6.92 Å². The lowest BCUT2D eigenvalue weighted by Crippen LogP contribution is -2.31. The maximum absolute atomic E-state index is 11.7. The predicted molar refractivity (Wildman–Crippen MR) is 64.4 cm³/mol. The number of sulfonamides is 1. The minimum atomic E-state index is -3.56. The summed E-state index contributed by atoms with van der Waals surface area (Å²) in [6, 6.07) is 4.55. The normalized spacial score (nSPS) is 14.1. The van der Waals surface area contributed by atoms with E-state index in [1.807, 2.05) is 4.72 Å². The lowest BCUT2D eigenvalue weighted by Gasteiger charge is -2.18. The molecule has 0 unspecified atom stereocenters. The molecule has 0 spiro atoms. The Labute approximate surface area is 105 Å². The van der Waals surface area contributed by atoms with E-state index >= 15 is 0 Å². The van der Waals surface area contributed by atoms with E-state index in [2.05, 4.69) is 0 Å². The minimum Gasteiger partial charge on any atom is -0.486 e. The molecule has 2 rings (SSSR count). The highest BCUT2D eigenvalue weighted by atomic mass is 32.2. The molecule has 1 aromatic rings. The molecule has 98 valence electrons. The van der Waals surface area contributed by atoms with Crippen LogP contribution in [0.25, 0.3) is 0 Å². The molecule has 6 nitrogen and oxygen atoms in total. The van der Waals surface area contributed by atoms with Gasteiger partial charge >= 0.3 is 0 Å². The summed E-state index contributed by atoms with van der Waals surface area (Å²) in [5, 5.41) is 0. The molecule has 0 bridgehead atoms. The van der Waals surface area contributed by atoms with Crippen LogP contribution in [0.5, 0.6) is 11.5 Å². The Morgan fingerprint density at radius 3 is 2.61 bits per heavy atom. The van der Waals surface area contributed by atoms with Gasteiger partial charge in [-0.25, -0.2) is 13.1 Å². The van der Waals surface area contributed by atoms with Gasteiger partial charge in [0.1, 0.15) is 13.2 Å². The van der Waals surface area contributed by atoms with Crippen LogP contribution in [0.1, 0.15) is 17.3 Å². The van der Waals surface area contributed by atoms with Crippen molar-refractivity contribution in [1.29, 1.82) is 0 Å². The van der Waals surface area contributed by atoms with Crippen molar-refractivity contribution in [2.75, 3.05) is 19.0 Å². The van der Waals surface area contributed by atoms with Gasteiger partial charge in [-0.2, -0.15) is 0 Å². The summed E-state index contributed by atoms with van der Waals surface area (Å²) in [7, 11) is -3.56. The van der Waals surface area contributed by atoms with Crippen molar-refractivity contribution in [1.82, 2.24) is 4.72 Å². The zero-order valence-corrected chi connectivity index (χ0v) is 10.6. The molecule has 0 saturated heterocycles. The van der Waals surface area contributed by atoms with Crippen molar-refractivity contribution in [3.63, 3.8) is 0 Å². The summed E-state index contributed by atoms with van der Waals surface area (Å²) in [5.41, 5.74) is 0.219. The smallest absolute Gasteiger partial charge is 0.264 e. The Kier molecular flexibility index (Phi) is 3.42. The standard InChI is InChI=1S/C11H13NO5S/c1-2-18(14,15)12-11(13)8-3-4-9-10(7-8)17-6-5-16-9/h3-4,7H,2,5-6H2,1H3,(H,12,13). The van der Waals surface area contributed by atoms with Gasteiger partial charge in [-0.3, -0.25) is 4.79 Å². The first kappa shape index (κ1) is 12.7. The van der Waals surface area contributed by atoms with Crippen LogP contribution in [-0.4, -0.2) is 33.3 Å². The average Bonchev–Trinajstić information content (AvgIpc) is 2.37. The summed E-state index contributed by atoms with van der Waals surface area (Å²) >= 11 is 0. The SMILES string of the molecule is CCS(=O)(=O)NC(=O)c1ccc2c(c1)OCCO2. The number of hydrogen-bond donors (Lipinski definition) is 1. The molecule has 0 fully saturated rings. The van der Waals surface area contributed by atoms with Gasteiger partial charge in [-0.1, -0.05) is 0 Å². The second-order valence-corrected chi connectivity index (χ2v) is 5.70. The molecule has 0 radical (unpaired) electrons. The number of benzene rings is 1. The zero-order chi connectivity index (χ0) is 13.2. The van der Waals surface area contributed by atoms with Gasteiger partial charge in [0.25, 0.3) is 5.91 Å². The van der Waals surface area contributed by atoms with Gasteiger partial charge in [-0.05, 0) is 25.1 Å². The average molecular weight is 271 g/mol. The number of amides is 1. The van der Waals surface area contributed by atoms with Gasteiger partial charge in [0.15, 0.2) is 11.5 Å². The molecule has 1 aromatic carbocycles. The maximum atomic E-state index is 11.7. The third-order valence-electron chi connectivity index (χ3n) is 2.43. The summed E-state index contributed by atoms with van der Waals surface area (Å²) < 4.78 is 35.2. The first-order chi connectivity index (χ1) is 8.52. The van der Waals surface area contributed by atoms with Crippen molar-refractivity contribution < 1.29 is 22.7 Å². The van der Waals surface area contributed by atoms with Crippen molar-refractivity contribution in [3.8, 4) is 11.5 Å². The van der Waals surface area contributed by atoms with E-state index in [1.54, 1.807) is 6.07 Å². The minimum absolute atomic E-state index is 0.150. The highest BCUT2D eigenvalue weighted by Crippen LogP contribution is 2.30. The number of carbonyl (C=O) groups excluding carboxylic acids is 1. The molecule has 0 aliphatic carbocycles. The number of rotatable bonds is 3. The fourth-order valence-corrected chi connectivity index (χ4v) is 2.00. The fraction of sp³-hybridized carbons (Fsp3) is 0.364. The van der Waals surface area contributed by atoms with Crippen LogP contribution in [0.4, 0.5) is 0 Å². The van der Waals surface area contributed by atoms with Crippen LogP contribution >= 0.6 is 0 Å². The second-order valence-electron chi connectivity index (χ2n) is 3.69. The summed E-state index contributed by atoms with van der Waals surface area (Å²) in [4.78, 5) is 11.7. The quantitative estimate of drug-likeness (QED) is 0.867. The van der Waals surface area contributed by atoms with Crippen LogP contribution in [0.2, 0.25) is 0 Å². The lowest BCUT2D eigenvalue weighted by molar-refractivity contribution is 0.0980. The molecule has 0 atom stereocenters. The van der Waals surface area contributed by atoms with E-state index < -0.39 is 15.9 Å². The van der Waals surface area contributed by atoms with E-state index in [0.717, 1.165) is 0 Å². The van der Waals surface area contributed by atoms with Crippen molar-refractivity contribution in [3.05, 3.63) is 23.8 Å². The molecule has 1 heterocycles. The van der Waals surface area contributed by atoms with Gasteiger partial charge in [0, 0.05) is 5.56 Å². The van der Waals surface area contributed by atoms with Gasteiger partial charge in [0.05, 0.1) is 5.75 Å². The Morgan fingerprint density at radius 1 is 1.28 bits per heavy atom. The van der Waals surface area contributed by atoms with Crippen molar-refractivity contribution >= 4 is 15.9 Å². The van der Waals surface area contributed by atoms with E-state index in [0.29, 0.717) is 24.7 Å². The Bertz CT molecular complexity index is 567. The molecular weight excluding hydrogens is 258 g/mol. The van der Waals surface area contributed by atoms with Crippen molar-refractivity contribution in [2.24, 2.45) is 0 Å². The largest absolute Gasteiger partial charge is 0.486 e. The lowest BCUT2D eigenvalue weighted by atomic mass is 10.2. The van der Waals surface area contributed by atoms with E-state index in [-0.39, 0.29) is 11.3 Å². The molecule has 18 heavy (non-hydrogen) atoms. The van der Waals surface area contributed by atoms with Crippen LogP contribution in [-0.2, 0) is 10.0 Å². The van der Waals surface area contributed by atoms with E-state index in [9.17, 15) is 13.2 Å². The fourth-order valence-electron chi connectivity index (χ4n) is 1.46. The molecular formula is C11H13NO5S. The van der Waals surface area contributed by atoms with Crippen LogP contribution < -0.4 is 14.2 Å². The predicted octanol–water partition coefficient (Wildman–Crippen LogP) is 0.537. The third-order valence-corrected chi connectivity index (χ3v) is 3.69. The summed E-state index contributed by atoms with van der Waals surface area (Å²) in [5.74, 6) is 0.177.